The van der Waals surface area contributed by atoms with Gasteiger partial charge in [-0.15, -0.1) is 0 Å². The first-order valence-electron chi connectivity index (χ1n) is 18.6. The van der Waals surface area contributed by atoms with Crippen LogP contribution in [0.3, 0.4) is 0 Å². The lowest BCUT2D eigenvalue weighted by Gasteiger charge is -2.49. The number of rotatable bonds is 11. The Morgan fingerprint density at radius 3 is 1.85 bits per heavy atom. The fourth-order valence-electron chi connectivity index (χ4n) is 9.51. The minimum atomic E-state index is -3.48. The number of hydrogen-bond acceptors (Lipinski definition) is 4. The smallest absolute Gasteiger partial charge is 0.261 e. The Morgan fingerprint density at radius 2 is 1.40 bits per heavy atom. The molecule has 2 aromatic carbocycles. The fraction of sp³-hybridized carbons (Fsp3) is 0.610. The van der Waals surface area contributed by atoms with Gasteiger partial charge in [0.25, 0.3) is 7.37 Å². The molecule has 0 N–H and O–H groups in total. The third-order valence-electron chi connectivity index (χ3n) is 11.5. The van der Waals surface area contributed by atoms with E-state index in [1.165, 1.54) is 25.7 Å². The molecule has 3 aliphatic rings. The van der Waals surface area contributed by atoms with E-state index in [1.807, 2.05) is 60.7 Å². The highest BCUT2D eigenvalue weighted by atomic mass is 31.2. The van der Waals surface area contributed by atoms with Gasteiger partial charge in [-0.3, -0.25) is 4.57 Å². The summed E-state index contributed by atoms with van der Waals surface area (Å²) in [5.41, 5.74) is 0.125. The minimum absolute atomic E-state index is 0.0347. The zero-order valence-corrected chi connectivity index (χ0v) is 34.7. The van der Waals surface area contributed by atoms with Crippen LogP contribution in [0.25, 0.3) is 0 Å². The standard InChI is InChI=1S/C41H63O4PSi2/c1-30-28-35-34(26-27-41(39(5,6)7,45-48(10)11)31-20-18-19-21-31)36(38(2,3)4)29-40(35,44-47(8)9)37(30)43-46(42,32-22-14-12-15-23-32)33-24-16-13-17-25-33/h12-17,22-27,31,34-37,47-48H,1,18-21,28-29H2,2-11H3/t34-,35+,36-,37?,40+,41-/m1/s1. The molecule has 0 radical (unpaired) electrons. The lowest BCUT2D eigenvalue weighted by molar-refractivity contribution is -0.0412. The molecule has 0 bridgehead atoms. The van der Waals surface area contributed by atoms with E-state index < -0.39 is 37.2 Å². The summed E-state index contributed by atoms with van der Waals surface area (Å²) in [4.78, 5) is 0. The van der Waals surface area contributed by atoms with Crippen LogP contribution in [0, 0.1) is 34.5 Å². The molecular formula is C41H63O4PSi2. The third-order valence-corrected chi connectivity index (χ3v) is 15.8. The highest BCUT2D eigenvalue weighted by molar-refractivity contribution is 7.74. The molecule has 0 aromatic heterocycles. The predicted molar refractivity (Wildman–Crippen MR) is 209 cm³/mol. The second-order valence-corrected chi connectivity index (χ2v) is 24.6. The van der Waals surface area contributed by atoms with Gasteiger partial charge < -0.3 is 13.4 Å². The number of fused-ring (bicyclic) bond motifs is 1. The molecule has 48 heavy (non-hydrogen) atoms. The van der Waals surface area contributed by atoms with Gasteiger partial charge in [0.05, 0.1) is 11.2 Å². The SMILES string of the molecule is C=C1C[C@H]2[C@@H](C=C[C@@](O[SiH](C)C)(C3CCCC3)C(C)(C)C)[C@H](C(C)(C)C)C[C@@]2(O[SiH](C)C)C1OP(=O)(c1ccccc1)c1ccccc1. The van der Waals surface area contributed by atoms with Crippen molar-refractivity contribution in [3.05, 3.63) is 85.0 Å². The highest BCUT2D eigenvalue weighted by Gasteiger charge is 2.65. The largest absolute Gasteiger partial charge is 0.412 e. The van der Waals surface area contributed by atoms with E-state index in [4.69, 9.17) is 13.4 Å². The summed E-state index contributed by atoms with van der Waals surface area (Å²) >= 11 is 0. The van der Waals surface area contributed by atoms with E-state index in [0.717, 1.165) is 18.4 Å². The van der Waals surface area contributed by atoms with Gasteiger partial charge in [-0.1, -0.05) is 110 Å². The summed E-state index contributed by atoms with van der Waals surface area (Å²) < 4.78 is 37.1. The van der Waals surface area contributed by atoms with Crippen molar-refractivity contribution < 1.29 is 17.9 Å². The van der Waals surface area contributed by atoms with Crippen LogP contribution in [0.1, 0.15) is 80.1 Å². The average molecular weight is 707 g/mol. The summed E-state index contributed by atoms with van der Waals surface area (Å²) in [6, 6.07) is 19.5. The molecule has 7 heteroatoms. The molecule has 3 saturated carbocycles. The van der Waals surface area contributed by atoms with Crippen LogP contribution >= 0.6 is 7.37 Å². The summed E-state index contributed by atoms with van der Waals surface area (Å²) in [5, 5.41) is 1.43. The highest BCUT2D eigenvalue weighted by Crippen LogP contribution is 2.65. The van der Waals surface area contributed by atoms with Crippen LogP contribution in [0.5, 0.6) is 0 Å². The maximum atomic E-state index is 15.4. The molecule has 6 atom stereocenters. The molecule has 0 spiro atoms. The van der Waals surface area contributed by atoms with Crippen LogP contribution in [-0.4, -0.2) is 35.4 Å². The van der Waals surface area contributed by atoms with Crippen LogP contribution in [0.4, 0.5) is 0 Å². The Labute approximate surface area is 296 Å². The van der Waals surface area contributed by atoms with E-state index in [9.17, 15) is 0 Å². The Morgan fingerprint density at radius 1 is 0.854 bits per heavy atom. The van der Waals surface area contributed by atoms with Crippen LogP contribution < -0.4 is 10.6 Å². The second-order valence-electron chi connectivity index (χ2n) is 17.6. The molecule has 3 aliphatic carbocycles. The summed E-state index contributed by atoms with van der Waals surface area (Å²) in [6.07, 6.45) is 11.3. The van der Waals surface area contributed by atoms with Crippen molar-refractivity contribution in [1.29, 1.82) is 0 Å². The molecule has 3 fully saturated rings. The molecule has 264 valence electrons. The predicted octanol–water partition coefficient (Wildman–Crippen LogP) is 9.83. The molecular weight excluding hydrogens is 644 g/mol. The average Bonchev–Trinajstić information content (AvgIpc) is 3.71. The summed E-state index contributed by atoms with van der Waals surface area (Å²) in [5.74, 6) is 1.33. The third kappa shape index (κ3) is 7.14. The first-order chi connectivity index (χ1) is 22.4. The van der Waals surface area contributed by atoms with Gasteiger partial charge in [0.15, 0.2) is 18.1 Å². The van der Waals surface area contributed by atoms with Crippen molar-refractivity contribution >= 4 is 36.1 Å². The first kappa shape index (κ1) is 37.7. The topological polar surface area (TPSA) is 44.8 Å². The fourth-order valence-corrected chi connectivity index (χ4v) is 14.5. The van der Waals surface area contributed by atoms with Crippen molar-refractivity contribution in [3.63, 3.8) is 0 Å². The van der Waals surface area contributed by atoms with Crippen molar-refractivity contribution in [1.82, 2.24) is 0 Å². The lowest BCUT2D eigenvalue weighted by atomic mass is 9.66. The molecule has 2 aromatic rings. The zero-order valence-electron chi connectivity index (χ0n) is 31.5. The van der Waals surface area contributed by atoms with Crippen molar-refractivity contribution in [3.8, 4) is 0 Å². The second kappa shape index (κ2) is 14.2. The molecule has 0 amide bonds. The molecule has 0 saturated heterocycles. The number of hydrogen-bond donors (Lipinski definition) is 0. The monoisotopic (exact) mass is 706 g/mol. The Bertz CT molecular complexity index is 1430. The minimum Gasteiger partial charge on any atom is -0.412 e. The van der Waals surface area contributed by atoms with Gasteiger partial charge in [-0.2, -0.15) is 0 Å². The quantitative estimate of drug-likeness (QED) is 0.133. The zero-order chi connectivity index (χ0) is 35.1. The molecule has 1 unspecified atom stereocenters. The number of benzene rings is 2. The van der Waals surface area contributed by atoms with Crippen molar-refractivity contribution in [2.24, 2.45) is 34.5 Å². The molecule has 0 aliphatic heterocycles. The molecule has 0 heterocycles. The molecule has 4 nitrogen and oxygen atoms in total. The van der Waals surface area contributed by atoms with E-state index in [0.29, 0.717) is 22.4 Å². The van der Waals surface area contributed by atoms with Gasteiger partial charge in [0, 0.05) is 10.6 Å². The van der Waals surface area contributed by atoms with Gasteiger partial charge in [0.2, 0.25) is 0 Å². The van der Waals surface area contributed by atoms with Crippen molar-refractivity contribution in [2.75, 3.05) is 0 Å². The van der Waals surface area contributed by atoms with Gasteiger partial charge in [-0.25, -0.2) is 0 Å². The molecule has 5 rings (SSSR count). The van der Waals surface area contributed by atoms with E-state index in [-0.39, 0.29) is 28.3 Å². The first-order valence-corrected chi connectivity index (χ1v) is 25.8. The van der Waals surface area contributed by atoms with Gasteiger partial charge in [-0.05, 0) is 116 Å². The normalized spacial score (nSPS) is 28.5. The van der Waals surface area contributed by atoms with Crippen LogP contribution in [0.15, 0.2) is 85.0 Å². The summed E-state index contributed by atoms with van der Waals surface area (Å²) in [7, 11) is -6.41. The Hall–Kier alpha value is -1.54. The maximum absolute atomic E-state index is 15.4. The van der Waals surface area contributed by atoms with Gasteiger partial charge >= 0.3 is 0 Å². The Balaban J connectivity index is 1.64. The Kier molecular flexibility index (Phi) is 11.2. The van der Waals surface area contributed by atoms with Gasteiger partial charge in [0.1, 0.15) is 6.10 Å². The van der Waals surface area contributed by atoms with E-state index in [1.54, 1.807) is 0 Å². The van der Waals surface area contributed by atoms with Crippen LogP contribution in [-0.2, 0) is 17.9 Å². The summed E-state index contributed by atoms with van der Waals surface area (Å²) in [6.45, 7) is 28.1. The van der Waals surface area contributed by atoms with Crippen molar-refractivity contribution in [2.45, 2.75) is 124 Å². The van der Waals surface area contributed by atoms with Crippen LogP contribution in [0.2, 0.25) is 26.2 Å². The van der Waals surface area contributed by atoms with E-state index in [2.05, 4.69) is 86.5 Å². The maximum Gasteiger partial charge on any atom is 0.261 e. The number of allylic oxidation sites excluding steroid dienone is 1. The van der Waals surface area contributed by atoms with E-state index >= 15 is 4.57 Å². The lowest BCUT2D eigenvalue weighted by Crippen LogP contribution is -2.51.